The number of nitrogens with one attached hydrogen (secondary N) is 1. The summed E-state index contributed by atoms with van der Waals surface area (Å²) < 4.78 is 12.7. The highest BCUT2D eigenvalue weighted by atomic mass is 16.5. The van der Waals surface area contributed by atoms with Crippen molar-refractivity contribution in [2.75, 3.05) is 14.2 Å². The van der Waals surface area contributed by atoms with Crippen molar-refractivity contribution in [3.8, 4) is 17.2 Å². The van der Waals surface area contributed by atoms with Crippen molar-refractivity contribution >= 4 is 0 Å². The molecule has 3 rings (SSSR count). The van der Waals surface area contributed by atoms with Crippen LogP contribution in [0.15, 0.2) is 61.2 Å². The molecule has 2 aromatic carbocycles. The lowest BCUT2D eigenvalue weighted by molar-refractivity contribution is 0.397. The van der Waals surface area contributed by atoms with Gasteiger partial charge in [-0.1, -0.05) is 12.1 Å². The van der Waals surface area contributed by atoms with Gasteiger partial charge < -0.3 is 19.4 Å². The van der Waals surface area contributed by atoms with E-state index >= 15 is 0 Å². The zero-order chi connectivity index (χ0) is 16.8. The molecular formula is C19H21N3O2. The fourth-order valence-electron chi connectivity index (χ4n) is 2.56. The van der Waals surface area contributed by atoms with Crippen LogP contribution in [0.2, 0.25) is 0 Å². The zero-order valence-electron chi connectivity index (χ0n) is 13.9. The summed E-state index contributed by atoms with van der Waals surface area (Å²) in [6.45, 7) is 1.49. The molecule has 1 aromatic heterocycles. The third kappa shape index (κ3) is 3.75. The Bertz CT molecular complexity index is 768. The summed E-state index contributed by atoms with van der Waals surface area (Å²) in [5.41, 5.74) is 3.40. The maximum absolute atomic E-state index is 5.40. The first-order valence-electron chi connectivity index (χ1n) is 7.79. The van der Waals surface area contributed by atoms with Gasteiger partial charge in [0.25, 0.3) is 0 Å². The van der Waals surface area contributed by atoms with E-state index in [1.165, 1.54) is 5.56 Å². The van der Waals surface area contributed by atoms with Crippen molar-refractivity contribution in [3.63, 3.8) is 0 Å². The first-order valence-corrected chi connectivity index (χ1v) is 7.79. The number of hydrogen-bond donors (Lipinski definition) is 1. The van der Waals surface area contributed by atoms with Crippen molar-refractivity contribution in [2.24, 2.45) is 0 Å². The molecule has 3 aromatic rings. The Hall–Kier alpha value is -2.79. The highest BCUT2D eigenvalue weighted by Gasteiger charge is 2.05. The molecule has 0 aliphatic heterocycles. The lowest BCUT2D eigenvalue weighted by Gasteiger charge is -2.12. The van der Waals surface area contributed by atoms with Crippen LogP contribution < -0.4 is 14.8 Å². The average Bonchev–Trinajstić information content (AvgIpc) is 3.17. The molecule has 5 heteroatoms. The molecule has 0 aliphatic carbocycles. The SMILES string of the molecule is COc1ccc(OC)c(CNCc2ccc(-n3ccnc3)cc2)c1. The molecule has 0 fully saturated rings. The van der Waals surface area contributed by atoms with Gasteiger partial charge in [0.15, 0.2) is 0 Å². The highest BCUT2D eigenvalue weighted by molar-refractivity contribution is 5.40. The van der Waals surface area contributed by atoms with Crippen molar-refractivity contribution < 1.29 is 9.47 Å². The van der Waals surface area contributed by atoms with Crippen LogP contribution in [0.3, 0.4) is 0 Å². The Kier molecular flexibility index (Phi) is 5.13. The number of aromatic nitrogens is 2. The molecule has 1 heterocycles. The van der Waals surface area contributed by atoms with E-state index in [1.54, 1.807) is 26.7 Å². The van der Waals surface area contributed by atoms with Crippen LogP contribution in [0.1, 0.15) is 11.1 Å². The van der Waals surface area contributed by atoms with E-state index in [0.29, 0.717) is 6.54 Å². The summed E-state index contributed by atoms with van der Waals surface area (Å²) in [4.78, 5) is 4.06. The van der Waals surface area contributed by atoms with Gasteiger partial charge in [-0.2, -0.15) is 0 Å². The van der Waals surface area contributed by atoms with E-state index in [-0.39, 0.29) is 0 Å². The fraction of sp³-hybridized carbons (Fsp3) is 0.211. The summed E-state index contributed by atoms with van der Waals surface area (Å²) in [6, 6.07) is 14.2. The minimum atomic E-state index is 0.712. The van der Waals surface area contributed by atoms with E-state index in [4.69, 9.17) is 9.47 Å². The van der Waals surface area contributed by atoms with Crippen LogP contribution in [0.4, 0.5) is 0 Å². The normalized spacial score (nSPS) is 10.6. The summed E-state index contributed by atoms with van der Waals surface area (Å²) in [5.74, 6) is 1.69. The minimum Gasteiger partial charge on any atom is -0.497 e. The minimum absolute atomic E-state index is 0.712. The van der Waals surface area contributed by atoms with Gasteiger partial charge in [0.2, 0.25) is 0 Å². The third-order valence-electron chi connectivity index (χ3n) is 3.87. The Labute approximate surface area is 141 Å². The third-order valence-corrected chi connectivity index (χ3v) is 3.87. The smallest absolute Gasteiger partial charge is 0.123 e. The van der Waals surface area contributed by atoms with Gasteiger partial charge in [-0.3, -0.25) is 0 Å². The Balaban J connectivity index is 1.60. The van der Waals surface area contributed by atoms with E-state index in [0.717, 1.165) is 29.3 Å². The maximum atomic E-state index is 5.40. The van der Waals surface area contributed by atoms with Crippen LogP contribution in [0, 0.1) is 0 Å². The summed E-state index contributed by atoms with van der Waals surface area (Å²) >= 11 is 0. The number of methoxy groups -OCH3 is 2. The Morgan fingerprint density at radius 1 is 1.00 bits per heavy atom. The van der Waals surface area contributed by atoms with Crippen LogP contribution in [-0.4, -0.2) is 23.8 Å². The molecule has 24 heavy (non-hydrogen) atoms. The Morgan fingerprint density at radius 2 is 1.83 bits per heavy atom. The fourth-order valence-corrected chi connectivity index (χ4v) is 2.56. The summed E-state index contributed by atoms with van der Waals surface area (Å²) in [7, 11) is 3.35. The number of ether oxygens (including phenoxy) is 2. The van der Waals surface area contributed by atoms with Gasteiger partial charge in [-0.05, 0) is 35.9 Å². The van der Waals surface area contributed by atoms with Crippen molar-refractivity contribution in [3.05, 3.63) is 72.3 Å². The van der Waals surface area contributed by atoms with Gasteiger partial charge in [-0.15, -0.1) is 0 Å². The predicted octanol–water partition coefficient (Wildman–Crippen LogP) is 3.18. The molecule has 0 saturated carbocycles. The van der Waals surface area contributed by atoms with Crippen molar-refractivity contribution in [1.29, 1.82) is 0 Å². The van der Waals surface area contributed by atoms with E-state index in [9.17, 15) is 0 Å². The second-order valence-electron chi connectivity index (χ2n) is 5.42. The highest BCUT2D eigenvalue weighted by Crippen LogP contribution is 2.23. The molecule has 5 nitrogen and oxygen atoms in total. The van der Waals surface area contributed by atoms with Crippen LogP contribution in [0.5, 0.6) is 11.5 Å². The predicted molar refractivity (Wildman–Crippen MR) is 93.7 cm³/mol. The zero-order valence-corrected chi connectivity index (χ0v) is 13.9. The second-order valence-corrected chi connectivity index (χ2v) is 5.42. The molecular weight excluding hydrogens is 302 g/mol. The van der Waals surface area contributed by atoms with Gasteiger partial charge in [0.1, 0.15) is 11.5 Å². The standard InChI is InChI=1S/C19H21N3O2/c1-23-18-7-8-19(24-2)16(11-18)13-21-12-15-3-5-17(6-4-15)22-10-9-20-14-22/h3-11,14,21H,12-13H2,1-2H3. The molecule has 0 amide bonds. The first kappa shape index (κ1) is 16.1. The monoisotopic (exact) mass is 323 g/mol. The van der Waals surface area contributed by atoms with Crippen LogP contribution >= 0.6 is 0 Å². The van der Waals surface area contributed by atoms with Crippen LogP contribution in [-0.2, 0) is 13.1 Å². The first-order chi connectivity index (χ1) is 11.8. The molecule has 0 saturated heterocycles. The topological polar surface area (TPSA) is 48.3 Å². The molecule has 0 unspecified atom stereocenters. The summed E-state index contributed by atoms with van der Waals surface area (Å²) in [6.07, 6.45) is 5.50. The number of nitrogens with zero attached hydrogens (tertiary/aromatic N) is 2. The summed E-state index contributed by atoms with van der Waals surface area (Å²) in [5, 5.41) is 3.44. The van der Waals surface area contributed by atoms with Gasteiger partial charge in [0.05, 0.1) is 20.5 Å². The van der Waals surface area contributed by atoms with Crippen molar-refractivity contribution in [1.82, 2.24) is 14.9 Å². The van der Waals surface area contributed by atoms with Gasteiger partial charge in [-0.25, -0.2) is 4.98 Å². The van der Waals surface area contributed by atoms with E-state index < -0.39 is 0 Å². The maximum Gasteiger partial charge on any atom is 0.123 e. The molecule has 0 spiro atoms. The molecule has 0 bridgehead atoms. The molecule has 1 N–H and O–H groups in total. The number of rotatable bonds is 7. The number of benzene rings is 2. The quantitative estimate of drug-likeness (QED) is 0.725. The Morgan fingerprint density at radius 3 is 2.50 bits per heavy atom. The lowest BCUT2D eigenvalue weighted by Crippen LogP contribution is -2.13. The lowest BCUT2D eigenvalue weighted by atomic mass is 10.1. The van der Waals surface area contributed by atoms with E-state index in [2.05, 4.69) is 34.6 Å². The van der Waals surface area contributed by atoms with Crippen LogP contribution in [0.25, 0.3) is 5.69 Å². The van der Waals surface area contributed by atoms with Gasteiger partial charge >= 0.3 is 0 Å². The average molecular weight is 323 g/mol. The number of imidazole rings is 1. The largest absolute Gasteiger partial charge is 0.497 e. The van der Waals surface area contributed by atoms with Gasteiger partial charge in [0, 0.05) is 36.7 Å². The molecule has 0 radical (unpaired) electrons. The second kappa shape index (κ2) is 7.66. The molecule has 124 valence electrons. The van der Waals surface area contributed by atoms with E-state index in [1.807, 2.05) is 29.0 Å². The molecule has 0 aliphatic rings. The van der Waals surface area contributed by atoms with Crippen molar-refractivity contribution in [2.45, 2.75) is 13.1 Å². The molecule has 0 atom stereocenters. The number of hydrogen-bond acceptors (Lipinski definition) is 4.